The monoisotopic (exact) mass is 302 g/mol. The van der Waals surface area contributed by atoms with E-state index >= 15 is 0 Å². The Morgan fingerprint density at radius 3 is 2.76 bits per heavy atom. The van der Waals surface area contributed by atoms with Crippen molar-refractivity contribution in [3.05, 3.63) is 29.3 Å². The van der Waals surface area contributed by atoms with Gasteiger partial charge in [-0.1, -0.05) is 28.1 Å². The van der Waals surface area contributed by atoms with Gasteiger partial charge in [0.05, 0.1) is 7.11 Å². The maximum absolute atomic E-state index is 10.7. The second-order valence-electron chi connectivity index (χ2n) is 3.61. The highest BCUT2D eigenvalue weighted by atomic mass is 79.9. The molecule has 1 atom stereocenters. The summed E-state index contributed by atoms with van der Waals surface area (Å²) < 4.78 is 5.10. The Kier molecular flexibility index (Phi) is 5.44. The number of aryl methyl sites for hydroxylation is 1. The lowest BCUT2D eigenvalue weighted by atomic mass is 10.0. The number of methoxy groups -OCH3 is 1. The van der Waals surface area contributed by atoms with E-state index in [1.165, 1.54) is 7.11 Å². The van der Waals surface area contributed by atoms with E-state index in [2.05, 4.69) is 15.9 Å². The fraction of sp³-hybridized carbons (Fsp3) is 0.417. The zero-order valence-electron chi connectivity index (χ0n) is 9.52. The second kappa shape index (κ2) is 6.61. The third-order valence-corrected chi connectivity index (χ3v) is 2.99. The summed E-state index contributed by atoms with van der Waals surface area (Å²) in [4.78, 5) is 10.7. The lowest BCUT2D eigenvalue weighted by molar-refractivity contribution is -0.147. The van der Waals surface area contributed by atoms with Crippen molar-refractivity contribution in [2.75, 3.05) is 12.4 Å². The van der Waals surface area contributed by atoms with Crippen molar-refractivity contribution in [3.8, 4) is 5.75 Å². The van der Waals surface area contributed by atoms with Crippen molar-refractivity contribution in [2.24, 2.45) is 0 Å². The highest BCUT2D eigenvalue weighted by Gasteiger charge is 2.20. The first-order valence-corrected chi connectivity index (χ1v) is 6.36. The zero-order chi connectivity index (χ0) is 12.8. The molecule has 0 bridgehead atoms. The van der Waals surface area contributed by atoms with Gasteiger partial charge in [-0.3, -0.25) is 0 Å². The minimum atomic E-state index is -1.55. The molecule has 0 aliphatic heterocycles. The first-order valence-electron chi connectivity index (χ1n) is 5.23. The molecule has 0 spiro atoms. The fourth-order valence-electron chi connectivity index (χ4n) is 1.54. The fourth-order valence-corrected chi connectivity index (χ4v) is 1.82. The predicted molar refractivity (Wildman–Crippen MR) is 67.7 cm³/mol. The normalized spacial score (nSPS) is 12.2. The van der Waals surface area contributed by atoms with Crippen LogP contribution < -0.4 is 4.74 Å². The Morgan fingerprint density at radius 2 is 2.24 bits per heavy atom. The van der Waals surface area contributed by atoms with E-state index in [1.807, 2.05) is 6.07 Å². The van der Waals surface area contributed by atoms with Gasteiger partial charge in [0.25, 0.3) is 0 Å². The van der Waals surface area contributed by atoms with Gasteiger partial charge in [-0.25, -0.2) is 4.79 Å². The number of aliphatic hydroxyl groups is 1. The van der Waals surface area contributed by atoms with E-state index in [9.17, 15) is 9.90 Å². The Labute approximate surface area is 108 Å². The predicted octanol–water partition coefficient (Wildman–Crippen LogP) is 2.14. The molecule has 0 saturated carbocycles. The maximum Gasteiger partial charge on any atom is 0.337 e. The number of rotatable bonds is 6. The molecule has 0 aliphatic rings. The molecule has 5 heteroatoms. The Bertz CT molecular complexity index is 392. The van der Waals surface area contributed by atoms with Gasteiger partial charge in [0, 0.05) is 10.9 Å². The highest BCUT2D eigenvalue weighted by Crippen LogP contribution is 2.27. The van der Waals surface area contributed by atoms with Gasteiger partial charge in [0.2, 0.25) is 0 Å². The number of benzene rings is 1. The topological polar surface area (TPSA) is 66.8 Å². The van der Waals surface area contributed by atoms with E-state index in [-0.39, 0.29) is 5.56 Å². The molecule has 1 unspecified atom stereocenters. The van der Waals surface area contributed by atoms with Crippen LogP contribution in [0, 0.1) is 0 Å². The molecule has 0 heterocycles. The molecule has 2 N–H and O–H groups in total. The number of aliphatic carboxylic acids is 1. The highest BCUT2D eigenvalue weighted by molar-refractivity contribution is 9.09. The van der Waals surface area contributed by atoms with Crippen molar-refractivity contribution in [1.82, 2.24) is 0 Å². The first-order chi connectivity index (χ1) is 8.10. The van der Waals surface area contributed by atoms with Crippen LogP contribution in [-0.2, 0) is 11.2 Å². The average Bonchev–Trinajstić information content (AvgIpc) is 2.34. The molecule has 0 amide bonds. The summed E-state index contributed by atoms with van der Waals surface area (Å²) in [6, 6.07) is 5.18. The van der Waals surface area contributed by atoms with Gasteiger partial charge in [0.15, 0.2) is 6.10 Å². The average molecular weight is 303 g/mol. The largest absolute Gasteiger partial charge is 0.496 e. The summed E-state index contributed by atoms with van der Waals surface area (Å²) in [6.07, 6.45) is 0.324. The Balaban J connectivity index is 2.96. The first kappa shape index (κ1) is 14.0. The molecule has 0 radical (unpaired) electrons. The van der Waals surface area contributed by atoms with Gasteiger partial charge in [-0.2, -0.15) is 0 Å². The zero-order valence-corrected chi connectivity index (χ0v) is 11.1. The van der Waals surface area contributed by atoms with Crippen molar-refractivity contribution < 1.29 is 19.7 Å². The van der Waals surface area contributed by atoms with Crippen LogP contribution in [0.1, 0.15) is 23.7 Å². The molecule has 4 nitrogen and oxygen atoms in total. The molecule has 0 aromatic heterocycles. The quantitative estimate of drug-likeness (QED) is 0.790. The summed E-state index contributed by atoms with van der Waals surface area (Å²) in [5.74, 6) is -0.872. The summed E-state index contributed by atoms with van der Waals surface area (Å²) in [7, 11) is 1.46. The summed E-state index contributed by atoms with van der Waals surface area (Å²) in [6.45, 7) is 0. The second-order valence-corrected chi connectivity index (χ2v) is 4.40. The molecule has 1 rings (SSSR count). The van der Waals surface area contributed by atoms with Crippen LogP contribution >= 0.6 is 15.9 Å². The molecule has 94 valence electrons. The van der Waals surface area contributed by atoms with Gasteiger partial charge in [-0.15, -0.1) is 0 Å². The molecule has 1 aromatic rings. The van der Waals surface area contributed by atoms with Crippen LogP contribution in [0.3, 0.4) is 0 Å². The number of ether oxygens (including phenoxy) is 1. The van der Waals surface area contributed by atoms with Gasteiger partial charge in [0.1, 0.15) is 5.75 Å². The van der Waals surface area contributed by atoms with Crippen LogP contribution in [0.2, 0.25) is 0 Å². The minimum absolute atomic E-state index is 0.280. The SMILES string of the molecule is COc1cc(CCCBr)ccc1C(O)C(=O)O. The van der Waals surface area contributed by atoms with E-state index in [1.54, 1.807) is 12.1 Å². The Morgan fingerprint density at radius 1 is 1.53 bits per heavy atom. The standard InChI is InChI=1S/C12H15BrO4/c1-17-10-7-8(3-2-6-13)4-5-9(10)11(14)12(15)16/h4-5,7,11,14H,2-3,6H2,1H3,(H,15,16). The third kappa shape index (κ3) is 3.71. The van der Waals surface area contributed by atoms with E-state index in [0.717, 1.165) is 23.7 Å². The number of hydrogen-bond acceptors (Lipinski definition) is 3. The third-order valence-electron chi connectivity index (χ3n) is 2.43. The summed E-state index contributed by atoms with van der Waals surface area (Å²) >= 11 is 3.35. The summed E-state index contributed by atoms with van der Waals surface area (Å²) in [5.41, 5.74) is 1.34. The number of halogens is 1. The van der Waals surface area contributed by atoms with Crippen LogP contribution in [-0.4, -0.2) is 28.6 Å². The molecular formula is C12H15BrO4. The van der Waals surface area contributed by atoms with Crippen molar-refractivity contribution in [1.29, 1.82) is 0 Å². The maximum atomic E-state index is 10.7. The van der Waals surface area contributed by atoms with Crippen LogP contribution in [0.15, 0.2) is 18.2 Å². The number of hydrogen-bond donors (Lipinski definition) is 2. The molecule has 0 aliphatic carbocycles. The minimum Gasteiger partial charge on any atom is -0.496 e. The van der Waals surface area contributed by atoms with E-state index < -0.39 is 12.1 Å². The van der Waals surface area contributed by atoms with Gasteiger partial charge < -0.3 is 14.9 Å². The lowest BCUT2D eigenvalue weighted by Crippen LogP contribution is -2.11. The molecule has 1 aromatic carbocycles. The molecule has 0 saturated heterocycles. The number of carboxylic acid groups (broad SMARTS) is 1. The van der Waals surface area contributed by atoms with Crippen molar-refractivity contribution >= 4 is 21.9 Å². The van der Waals surface area contributed by atoms with Crippen molar-refractivity contribution in [2.45, 2.75) is 18.9 Å². The lowest BCUT2D eigenvalue weighted by Gasteiger charge is -2.12. The molecular weight excluding hydrogens is 288 g/mol. The number of carbonyl (C=O) groups is 1. The summed E-state index contributed by atoms with van der Waals surface area (Å²) in [5, 5.41) is 19.2. The van der Waals surface area contributed by atoms with Crippen LogP contribution in [0.4, 0.5) is 0 Å². The van der Waals surface area contributed by atoms with E-state index in [0.29, 0.717) is 5.75 Å². The number of carboxylic acids is 1. The number of aliphatic hydroxyl groups excluding tert-OH is 1. The molecule has 17 heavy (non-hydrogen) atoms. The van der Waals surface area contributed by atoms with E-state index in [4.69, 9.17) is 9.84 Å². The number of alkyl halides is 1. The van der Waals surface area contributed by atoms with Gasteiger partial charge in [-0.05, 0) is 24.5 Å². The smallest absolute Gasteiger partial charge is 0.337 e. The van der Waals surface area contributed by atoms with Crippen molar-refractivity contribution in [3.63, 3.8) is 0 Å². The molecule has 0 fully saturated rings. The van der Waals surface area contributed by atoms with Crippen LogP contribution in [0.25, 0.3) is 0 Å². The Hall–Kier alpha value is -1.07. The van der Waals surface area contributed by atoms with Gasteiger partial charge >= 0.3 is 5.97 Å². The van der Waals surface area contributed by atoms with Crippen LogP contribution in [0.5, 0.6) is 5.75 Å².